The van der Waals surface area contributed by atoms with Crippen LogP contribution in [0, 0.1) is 6.92 Å². The Labute approximate surface area is 182 Å². The Morgan fingerprint density at radius 2 is 1.93 bits per heavy atom. The number of hydrogen-bond acceptors (Lipinski definition) is 7. The number of aromatic nitrogens is 2. The molecule has 1 amide bonds. The van der Waals surface area contributed by atoms with Crippen LogP contribution in [0.3, 0.4) is 0 Å². The molecule has 0 aliphatic heterocycles. The molecule has 2 aromatic rings. The molecule has 0 fully saturated rings. The molecule has 0 aliphatic rings. The summed E-state index contributed by atoms with van der Waals surface area (Å²) < 4.78 is 0. The van der Waals surface area contributed by atoms with Gasteiger partial charge in [-0.3, -0.25) is 9.59 Å². The molecule has 0 saturated heterocycles. The van der Waals surface area contributed by atoms with Crippen molar-refractivity contribution in [2.24, 2.45) is 0 Å². The fourth-order valence-corrected chi connectivity index (χ4v) is 4.02. The highest BCUT2D eigenvalue weighted by Crippen LogP contribution is 2.33. The molecule has 0 aliphatic carbocycles. The summed E-state index contributed by atoms with van der Waals surface area (Å²) in [6.45, 7) is 3.19. The lowest BCUT2D eigenvalue weighted by atomic mass is 10.2. The number of nitrogens with one attached hydrogen (secondary N) is 1. The Bertz CT molecular complexity index is 946. The van der Waals surface area contributed by atoms with E-state index in [1.807, 2.05) is 0 Å². The number of carbonyl (C=O) groups is 2. The second-order valence-corrected chi connectivity index (χ2v) is 7.90. The minimum Gasteiger partial charge on any atom is -0.396 e. The number of hydrogen-bond donors (Lipinski definition) is 3. The molecule has 1 aromatic carbocycles. The van der Waals surface area contributed by atoms with Gasteiger partial charge in [-0.15, -0.1) is 0 Å². The van der Waals surface area contributed by atoms with Crippen LogP contribution in [0.2, 0.25) is 10.0 Å². The summed E-state index contributed by atoms with van der Waals surface area (Å²) in [5.74, 6) is 0.416. The Morgan fingerprint density at radius 1 is 1.28 bits per heavy atom. The van der Waals surface area contributed by atoms with Gasteiger partial charge in [-0.1, -0.05) is 41.0 Å². The first kappa shape index (κ1) is 23.2. The lowest BCUT2D eigenvalue weighted by molar-refractivity contribution is -0.117. The third kappa shape index (κ3) is 6.17. The van der Waals surface area contributed by atoms with Crippen molar-refractivity contribution in [3.63, 3.8) is 0 Å². The van der Waals surface area contributed by atoms with E-state index in [0.29, 0.717) is 21.9 Å². The summed E-state index contributed by atoms with van der Waals surface area (Å²) in [6.07, 6.45) is 1.68. The summed E-state index contributed by atoms with van der Waals surface area (Å²) >= 11 is 13.0. The topological polar surface area (TPSA) is 118 Å². The van der Waals surface area contributed by atoms with Gasteiger partial charge in [0.1, 0.15) is 11.6 Å². The average molecular weight is 455 g/mol. The molecule has 2 rings (SSSR count). The van der Waals surface area contributed by atoms with Gasteiger partial charge in [0.25, 0.3) is 0 Å². The zero-order valence-corrected chi connectivity index (χ0v) is 18.2. The number of anilines is 1. The number of halogens is 2. The first-order valence-corrected chi connectivity index (χ1v) is 10.1. The van der Waals surface area contributed by atoms with Gasteiger partial charge in [-0.05, 0) is 26.0 Å². The van der Waals surface area contributed by atoms with Crippen LogP contribution in [-0.2, 0) is 11.3 Å². The number of carbonyl (C=O) groups excluding carboxylic acids is 2. The van der Waals surface area contributed by atoms with E-state index in [-0.39, 0.29) is 41.0 Å². The van der Waals surface area contributed by atoms with Crippen molar-refractivity contribution in [1.82, 2.24) is 15.3 Å². The van der Waals surface area contributed by atoms with E-state index >= 15 is 0 Å². The number of nitrogens with zero attached hydrogens (tertiary/aromatic N) is 2. The Morgan fingerprint density at radius 3 is 2.52 bits per heavy atom. The summed E-state index contributed by atoms with van der Waals surface area (Å²) in [5, 5.41) is 12.1. The van der Waals surface area contributed by atoms with Crippen LogP contribution in [-0.4, -0.2) is 32.7 Å². The Kier molecular flexibility index (Phi) is 8.45. The van der Waals surface area contributed by atoms with Gasteiger partial charge in [-0.25, -0.2) is 9.97 Å². The van der Waals surface area contributed by atoms with Crippen molar-refractivity contribution in [3.05, 3.63) is 61.9 Å². The molecule has 1 heterocycles. The minimum atomic E-state index is -0.410. The summed E-state index contributed by atoms with van der Waals surface area (Å²) in [5.41, 5.74) is 6.86. The molecule has 0 radical (unpaired) electrons. The monoisotopic (exact) mass is 454 g/mol. The Hall–Kier alpha value is -2.13. The van der Waals surface area contributed by atoms with Crippen molar-refractivity contribution in [3.8, 4) is 0 Å². The van der Waals surface area contributed by atoms with E-state index in [4.69, 9.17) is 28.9 Å². The average Bonchev–Trinajstić information content (AvgIpc) is 2.66. The highest BCUT2D eigenvalue weighted by atomic mass is 35.5. The molecular formula is C19H20Cl2N4O3S. The van der Waals surface area contributed by atoms with Crippen molar-refractivity contribution < 1.29 is 14.7 Å². The highest BCUT2D eigenvalue weighted by molar-refractivity contribution is 8.17. The smallest absolute Gasteiger partial charge is 0.247 e. The van der Waals surface area contributed by atoms with Gasteiger partial charge in [0.2, 0.25) is 11.0 Å². The second-order valence-electron chi connectivity index (χ2n) is 6.02. The number of rotatable bonds is 7. The van der Waals surface area contributed by atoms with Crippen LogP contribution in [0.1, 0.15) is 35.1 Å². The quantitative estimate of drug-likeness (QED) is 0.547. The standard InChI is InChI=1S/C19H20Cl2N4O3S/c1-10(18(27)24-9-12-8-23-11(2)25-17(12)22)15(6-7-26)29-19(28)16-13(20)4-3-5-14(16)21/h3-5,8,26H,6-7,9H2,1-2H3,(H,24,27)(H2,22,23,25)/b15-10-. The number of thioether (sulfide) groups is 1. The second kappa shape index (κ2) is 10.6. The number of nitrogens with two attached hydrogens (primary N) is 1. The van der Waals surface area contributed by atoms with Crippen LogP contribution in [0.25, 0.3) is 0 Å². The molecule has 4 N–H and O–H groups in total. The third-order valence-corrected chi connectivity index (χ3v) is 5.71. The van der Waals surface area contributed by atoms with Gasteiger partial charge in [-0.2, -0.15) is 0 Å². The molecule has 0 atom stereocenters. The fraction of sp³-hybridized carbons (Fsp3) is 0.263. The summed E-state index contributed by atoms with van der Waals surface area (Å²) in [6, 6.07) is 4.75. The van der Waals surface area contributed by atoms with Crippen molar-refractivity contribution in [2.45, 2.75) is 26.8 Å². The molecule has 10 heteroatoms. The van der Waals surface area contributed by atoms with Gasteiger partial charge >= 0.3 is 0 Å². The number of aryl methyl sites for hydroxylation is 1. The fourth-order valence-electron chi connectivity index (χ4n) is 2.36. The lowest BCUT2D eigenvalue weighted by Crippen LogP contribution is -2.25. The number of aliphatic hydroxyl groups is 1. The van der Waals surface area contributed by atoms with E-state index < -0.39 is 11.0 Å². The van der Waals surface area contributed by atoms with Gasteiger partial charge < -0.3 is 16.2 Å². The molecule has 0 spiro atoms. The largest absolute Gasteiger partial charge is 0.396 e. The first-order chi connectivity index (χ1) is 13.7. The molecule has 1 aromatic heterocycles. The van der Waals surface area contributed by atoms with Gasteiger partial charge in [0.15, 0.2) is 0 Å². The number of benzene rings is 1. The predicted molar refractivity (Wildman–Crippen MR) is 116 cm³/mol. The summed E-state index contributed by atoms with van der Waals surface area (Å²) in [4.78, 5) is 33.7. The summed E-state index contributed by atoms with van der Waals surface area (Å²) in [7, 11) is 0. The lowest BCUT2D eigenvalue weighted by Gasteiger charge is -2.12. The van der Waals surface area contributed by atoms with E-state index in [2.05, 4.69) is 15.3 Å². The van der Waals surface area contributed by atoms with E-state index in [1.54, 1.807) is 38.2 Å². The normalized spacial score (nSPS) is 11.8. The molecule has 29 heavy (non-hydrogen) atoms. The maximum absolute atomic E-state index is 12.7. The molecule has 0 bridgehead atoms. The van der Waals surface area contributed by atoms with Gasteiger partial charge in [0, 0.05) is 41.8 Å². The Balaban J connectivity index is 2.17. The number of aliphatic hydroxyl groups excluding tert-OH is 1. The highest BCUT2D eigenvalue weighted by Gasteiger charge is 2.20. The van der Waals surface area contributed by atoms with Crippen LogP contribution in [0.15, 0.2) is 34.9 Å². The van der Waals surface area contributed by atoms with Crippen molar-refractivity contribution >= 4 is 51.8 Å². The van der Waals surface area contributed by atoms with Gasteiger partial charge in [0.05, 0.1) is 15.6 Å². The number of amides is 1. The first-order valence-electron chi connectivity index (χ1n) is 8.57. The van der Waals surface area contributed by atoms with Crippen LogP contribution in [0.4, 0.5) is 5.82 Å². The zero-order chi connectivity index (χ0) is 21.6. The van der Waals surface area contributed by atoms with Crippen molar-refractivity contribution in [1.29, 1.82) is 0 Å². The third-order valence-electron chi connectivity index (χ3n) is 3.94. The van der Waals surface area contributed by atoms with E-state index in [1.165, 1.54) is 0 Å². The minimum absolute atomic E-state index is 0.129. The molecule has 7 nitrogen and oxygen atoms in total. The molecule has 154 valence electrons. The van der Waals surface area contributed by atoms with E-state index in [0.717, 1.165) is 11.8 Å². The van der Waals surface area contributed by atoms with Crippen molar-refractivity contribution in [2.75, 3.05) is 12.3 Å². The predicted octanol–water partition coefficient (Wildman–Crippen LogP) is 3.52. The molecule has 0 saturated carbocycles. The van der Waals surface area contributed by atoms with E-state index in [9.17, 15) is 14.7 Å². The number of nitrogen functional groups attached to an aromatic ring is 1. The molecular weight excluding hydrogens is 435 g/mol. The molecule has 0 unspecified atom stereocenters. The SMILES string of the molecule is C/C(C(=O)NCc1cnc(C)nc1N)=C(\CCO)SC(=O)c1c(Cl)cccc1Cl. The maximum atomic E-state index is 12.7. The zero-order valence-electron chi connectivity index (χ0n) is 15.8. The maximum Gasteiger partial charge on any atom is 0.247 e. The van der Waals surface area contributed by atoms with Crippen LogP contribution in [0.5, 0.6) is 0 Å². The van der Waals surface area contributed by atoms with Crippen LogP contribution >= 0.6 is 35.0 Å². The van der Waals surface area contributed by atoms with Crippen LogP contribution < -0.4 is 11.1 Å².